The van der Waals surface area contributed by atoms with Crippen LogP contribution in [0.3, 0.4) is 0 Å². The lowest BCUT2D eigenvalue weighted by molar-refractivity contribution is -0.139. The molecule has 43 heavy (non-hydrogen) atoms. The van der Waals surface area contributed by atoms with Crippen molar-refractivity contribution in [1.82, 2.24) is 10.2 Å². The lowest BCUT2D eigenvalue weighted by Crippen LogP contribution is -2.53. The van der Waals surface area contributed by atoms with Crippen LogP contribution in [0, 0.1) is 6.92 Å². The molecule has 0 radical (unpaired) electrons. The molecule has 1 N–H and O–H groups in total. The molecule has 1 fully saturated rings. The molecule has 0 saturated heterocycles. The summed E-state index contributed by atoms with van der Waals surface area (Å²) in [5.41, 5.74) is 1.63. The van der Waals surface area contributed by atoms with Crippen LogP contribution in [0.2, 0.25) is 10.0 Å². The van der Waals surface area contributed by atoms with Crippen LogP contribution in [-0.4, -0.2) is 50.9 Å². The summed E-state index contributed by atoms with van der Waals surface area (Å²) in [5.74, 6) is -0.375. The van der Waals surface area contributed by atoms with Gasteiger partial charge < -0.3 is 15.0 Å². The third kappa shape index (κ3) is 8.02. The number of methoxy groups -OCH3 is 1. The number of amides is 2. The minimum absolute atomic E-state index is 0.0299. The summed E-state index contributed by atoms with van der Waals surface area (Å²) < 4.78 is 34.3. The fourth-order valence-electron chi connectivity index (χ4n) is 5.12. The lowest BCUT2D eigenvalue weighted by atomic mass is 9.95. The van der Waals surface area contributed by atoms with Crippen molar-refractivity contribution in [3.05, 3.63) is 87.9 Å². The Hall–Kier alpha value is -3.27. The van der Waals surface area contributed by atoms with Crippen molar-refractivity contribution in [2.45, 2.75) is 69.5 Å². The molecule has 1 aliphatic rings. The van der Waals surface area contributed by atoms with Crippen LogP contribution in [0.25, 0.3) is 0 Å². The van der Waals surface area contributed by atoms with E-state index in [0.717, 1.165) is 42.0 Å². The van der Waals surface area contributed by atoms with Gasteiger partial charge >= 0.3 is 0 Å². The topological polar surface area (TPSA) is 96.0 Å². The normalized spacial score (nSPS) is 14.5. The second kappa shape index (κ2) is 14.5. The minimum atomic E-state index is -4.18. The van der Waals surface area contributed by atoms with Crippen molar-refractivity contribution >= 4 is 50.7 Å². The van der Waals surface area contributed by atoms with Gasteiger partial charge in [-0.2, -0.15) is 0 Å². The summed E-state index contributed by atoms with van der Waals surface area (Å²) in [6.45, 7) is 2.84. The third-order valence-electron chi connectivity index (χ3n) is 7.76. The average Bonchev–Trinajstić information content (AvgIpc) is 3.00. The largest absolute Gasteiger partial charge is 0.497 e. The van der Waals surface area contributed by atoms with Crippen LogP contribution in [-0.2, 0) is 26.2 Å². The molecule has 3 aromatic rings. The highest BCUT2D eigenvalue weighted by Gasteiger charge is 2.34. The van der Waals surface area contributed by atoms with E-state index in [1.807, 2.05) is 6.92 Å². The second-order valence-corrected chi connectivity index (χ2v) is 13.4. The van der Waals surface area contributed by atoms with Gasteiger partial charge in [-0.3, -0.25) is 13.9 Å². The van der Waals surface area contributed by atoms with Crippen molar-refractivity contribution in [3.8, 4) is 5.75 Å². The van der Waals surface area contributed by atoms with Crippen LogP contribution < -0.4 is 14.4 Å². The summed E-state index contributed by atoms with van der Waals surface area (Å²) in [5, 5.41) is 3.76. The fourth-order valence-corrected chi connectivity index (χ4v) is 7.05. The first-order valence-electron chi connectivity index (χ1n) is 14.3. The predicted molar refractivity (Wildman–Crippen MR) is 170 cm³/mol. The van der Waals surface area contributed by atoms with E-state index in [1.54, 1.807) is 61.5 Å². The van der Waals surface area contributed by atoms with E-state index in [-0.39, 0.29) is 29.1 Å². The summed E-state index contributed by atoms with van der Waals surface area (Å²) in [7, 11) is -2.67. The van der Waals surface area contributed by atoms with Crippen molar-refractivity contribution in [2.75, 3.05) is 18.0 Å². The molecule has 3 aromatic carbocycles. The maximum absolute atomic E-state index is 14.2. The number of rotatable bonds is 11. The first-order valence-corrected chi connectivity index (χ1v) is 16.5. The van der Waals surface area contributed by atoms with Crippen LogP contribution in [0.5, 0.6) is 5.75 Å². The molecule has 4 rings (SSSR count). The van der Waals surface area contributed by atoms with Crippen LogP contribution in [0.15, 0.2) is 71.6 Å². The number of hydrogen-bond acceptors (Lipinski definition) is 5. The van der Waals surface area contributed by atoms with Gasteiger partial charge in [0.05, 0.1) is 17.7 Å². The number of halogens is 2. The lowest BCUT2D eigenvalue weighted by Gasteiger charge is -2.33. The molecular formula is C32H37Cl2N3O5S. The van der Waals surface area contributed by atoms with E-state index < -0.39 is 28.5 Å². The Kier molecular flexibility index (Phi) is 11.0. The standard InChI is InChI=1S/C32H37Cl2N3O5S/c1-22-12-18-27(19-13-22)43(40,41)37(25-14-16-26(42-3)17-15-25)21-31(38)36(20-28-29(33)10-7-11-30(28)34)23(2)32(39)35-24-8-5-4-6-9-24/h7,10-19,23-24H,4-6,8-9,20-21H2,1-3H3,(H,35,39). The third-order valence-corrected chi connectivity index (χ3v) is 10.3. The highest BCUT2D eigenvalue weighted by Crippen LogP contribution is 2.29. The quantitative estimate of drug-likeness (QED) is 0.261. The number of aryl methyl sites for hydroxylation is 1. The summed E-state index contributed by atoms with van der Waals surface area (Å²) >= 11 is 12.9. The molecule has 0 spiro atoms. The van der Waals surface area contributed by atoms with E-state index >= 15 is 0 Å². The highest BCUT2D eigenvalue weighted by atomic mass is 35.5. The van der Waals surface area contributed by atoms with E-state index in [2.05, 4.69) is 5.32 Å². The first kappa shape index (κ1) is 32.6. The van der Waals surface area contributed by atoms with Gasteiger partial charge in [-0.25, -0.2) is 8.42 Å². The number of hydrogen-bond donors (Lipinski definition) is 1. The SMILES string of the molecule is COc1ccc(N(CC(=O)N(Cc2c(Cl)cccc2Cl)C(C)C(=O)NC2CCCCC2)S(=O)(=O)c2ccc(C)cc2)cc1. The number of nitrogens with zero attached hydrogens (tertiary/aromatic N) is 2. The Labute approximate surface area is 264 Å². The highest BCUT2D eigenvalue weighted by molar-refractivity contribution is 7.92. The number of carbonyl (C=O) groups is 2. The minimum Gasteiger partial charge on any atom is -0.497 e. The molecule has 1 atom stereocenters. The van der Waals surface area contributed by atoms with Crippen LogP contribution in [0.4, 0.5) is 5.69 Å². The van der Waals surface area contributed by atoms with Gasteiger partial charge in [0.2, 0.25) is 11.8 Å². The van der Waals surface area contributed by atoms with Crippen molar-refractivity contribution < 1.29 is 22.7 Å². The Morgan fingerprint density at radius 3 is 2.14 bits per heavy atom. The van der Waals surface area contributed by atoms with Gasteiger partial charge in [0, 0.05) is 28.2 Å². The van der Waals surface area contributed by atoms with E-state index in [0.29, 0.717) is 21.4 Å². The van der Waals surface area contributed by atoms with Gasteiger partial charge in [0.15, 0.2) is 0 Å². The zero-order valence-electron chi connectivity index (χ0n) is 24.6. The maximum Gasteiger partial charge on any atom is 0.264 e. The first-order chi connectivity index (χ1) is 20.5. The molecule has 0 heterocycles. The van der Waals surface area contributed by atoms with Crippen molar-refractivity contribution in [2.24, 2.45) is 0 Å². The average molecular weight is 647 g/mol. The second-order valence-electron chi connectivity index (χ2n) is 10.8. The molecule has 230 valence electrons. The van der Waals surface area contributed by atoms with Gasteiger partial charge in [-0.1, -0.05) is 66.2 Å². The molecule has 1 aliphatic carbocycles. The van der Waals surface area contributed by atoms with Gasteiger partial charge in [0.1, 0.15) is 18.3 Å². The Bertz CT molecular complexity index is 1510. The summed E-state index contributed by atoms with van der Waals surface area (Å²) in [4.78, 5) is 29.0. The molecular weight excluding hydrogens is 609 g/mol. The molecule has 1 saturated carbocycles. The van der Waals surface area contributed by atoms with Gasteiger partial charge in [-0.15, -0.1) is 0 Å². The van der Waals surface area contributed by atoms with Crippen LogP contribution in [0.1, 0.15) is 50.2 Å². The zero-order chi connectivity index (χ0) is 31.1. The van der Waals surface area contributed by atoms with Crippen LogP contribution >= 0.6 is 23.2 Å². The molecule has 8 nitrogen and oxygen atoms in total. The smallest absolute Gasteiger partial charge is 0.264 e. The Morgan fingerprint density at radius 2 is 1.56 bits per heavy atom. The van der Waals surface area contributed by atoms with Gasteiger partial charge in [0.25, 0.3) is 10.0 Å². The summed E-state index contributed by atoms with van der Waals surface area (Å²) in [6, 6.07) is 16.9. The van der Waals surface area contributed by atoms with E-state index in [9.17, 15) is 18.0 Å². The predicted octanol–water partition coefficient (Wildman–Crippen LogP) is 6.37. The fraction of sp³-hybridized carbons (Fsp3) is 0.375. The summed E-state index contributed by atoms with van der Waals surface area (Å²) in [6.07, 6.45) is 4.95. The molecule has 1 unspecified atom stereocenters. The number of nitrogens with one attached hydrogen (secondary N) is 1. The maximum atomic E-state index is 14.2. The van der Waals surface area contributed by atoms with E-state index in [4.69, 9.17) is 27.9 Å². The number of carbonyl (C=O) groups excluding carboxylic acids is 2. The van der Waals surface area contributed by atoms with Crippen molar-refractivity contribution in [1.29, 1.82) is 0 Å². The molecule has 0 aliphatic heterocycles. The molecule has 0 aromatic heterocycles. The number of benzene rings is 3. The Morgan fingerprint density at radius 1 is 0.953 bits per heavy atom. The number of ether oxygens (including phenoxy) is 1. The monoisotopic (exact) mass is 645 g/mol. The number of sulfonamides is 1. The zero-order valence-corrected chi connectivity index (χ0v) is 26.9. The van der Waals surface area contributed by atoms with Crippen molar-refractivity contribution in [3.63, 3.8) is 0 Å². The number of anilines is 1. The Balaban J connectivity index is 1.71. The van der Waals surface area contributed by atoms with Gasteiger partial charge in [-0.05, 0) is 75.2 Å². The molecule has 11 heteroatoms. The molecule has 2 amide bonds. The molecule has 0 bridgehead atoms. The van der Waals surface area contributed by atoms with E-state index in [1.165, 1.54) is 24.1 Å².